The van der Waals surface area contributed by atoms with Crippen LogP contribution in [0.1, 0.15) is 40.5 Å². The molecule has 136 valence electrons. The predicted octanol–water partition coefficient (Wildman–Crippen LogP) is 3.14. The number of rotatable bonds is 4. The first kappa shape index (κ1) is 17.9. The van der Waals surface area contributed by atoms with Crippen LogP contribution >= 0.6 is 0 Å². The van der Waals surface area contributed by atoms with Gasteiger partial charge in [-0.25, -0.2) is 0 Å². The van der Waals surface area contributed by atoms with Crippen molar-refractivity contribution >= 4 is 11.7 Å². The van der Waals surface area contributed by atoms with Crippen molar-refractivity contribution < 1.29 is 4.79 Å². The molecule has 1 aromatic heterocycles. The smallest absolute Gasteiger partial charge is 0.226 e. The van der Waals surface area contributed by atoms with Gasteiger partial charge in [-0.1, -0.05) is 25.5 Å². The molecule has 1 aliphatic carbocycles. The summed E-state index contributed by atoms with van der Waals surface area (Å²) < 4.78 is 0. The molecule has 1 amide bonds. The van der Waals surface area contributed by atoms with E-state index in [1.807, 2.05) is 12.1 Å². The van der Waals surface area contributed by atoms with Crippen LogP contribution < -0.4 is 4.90 Å². The highest BCUT2D eigenvalue weighted by molar-refractivity contribution is 5.84. The summed E-state index contributed by atoms with van der Waals surface area (Å²) in [7, 11) is 2.07. The molecular formula is C20H30N4O. The highest BCUT2D eigenvalue weighted by Gasteiger charge is 2.61. The Morgan fingerprint density at radius 2 is 2.00 bits per heavy atom. The fraction of sp³-hybridized carbons (Fsp3) is 0.650. The van der Waals surface area contributed by atoms with E-state index in [0.717, 1.165) is 31.7 Å². The van der Waals surface area contributed by atoms with Crippen LogP contribution in [0.3, 0.4) is 0 Å². The van der Waals surface area contributed by atoms with Gasteiger partial charge in [-0.15, -0.1) is 5.10 Å². The summed E-state index contributed by atoms with van der Waals surface area (Å²) >= 11 is 0. The molecular weight excluding hydrogens is 312 g/mol. The van der Waals surface area contributed by atoms with Gasteiger partial charge in [0.15, 0.2) is 5.82 Å². The minimum Gasteiger partial charge on any atom is -0.355 e. The number of hydrogen-bond acceptors (Lipinski definition) is 4. The minimum absolute atomic E-state index is 0.0988. The Bertz CT molecular complexity index is 643. The second-order valence-corrected chi connectivity index (χ2v) is 8.32. The number of piperidine rings is 1. The third-order valence-corrected chi connectivity index (χ3v) is 5.93. The molecule has 1 aliphatic heterocycles. The normalized spacial score (nSPS) is 25.4. The Hall–Kier alpha value is -1.91. The van der Waals surface area contributed by atoms with E-state index in [9.17, 15) is 4.79 Å². The van der Waals surface area contributed by atoms with Gasteiger partial charge in [0.25, 0.3) is 0 Å². The number of carbonyl (C=O) groups excluding carboxylic acids is 1. The van der Waals surface area contributed by atoms with Crippen molar-refractivity contribution in [3.63, 3.8) is 0 Å². The van der Waals surface area contributed by atoms with Crippen molar-refractivity contribution in [2.75, 3.05) is 25.0 Å². The Labute approximate surface area is 151 Å². The average Bonchev–Trinajstić information content (AvgIpc) is 3.14. The maximum atomic E-state index is 13.0. The largest absolute Gasteiger partial charge is 0.355 e. The van der Waals surface area contributed by atoms with Crippen LogP contribution in [0.2, 0.25) is 0 Å². The van der Waals surface area contributed by atoms with Crippen LogP contribution in [0.15, 0.2) is 30.0 Å². The zero-order valence-electron chi connectivity index (χ0n) is 16.1. The van der Waals surface area contributed by atoms with Crippen molar-refractivity contribution in [1.82, 2.24) is 15.1 Å². The maximum absolute atomic E-state index is 13.0. The topological polar surface area (TPSA) is 49.3 Å². The Balaban J connectivity index is 1.58. The van der Waals surface area contributed by atoms with Gasteiger partial charge in [0.1, 0.15) is 0 Å². The zero-order valence-corrected chi connectivity index (χ0v) is 16.1. The van der Waals surface area contributed by atoms with Gasteiger partial charge in [0.05, 0.1) is 5.92 Å². The zero-order chi connectivity index (χ0) is 18.2. The van der Waals surface area contributed by atoms with E-state index in [4.69, 9.17) is 0 Å². The Morgan fingerprint density at radius 1 is 1.32 bits per heavy atom. The third-order valence-electron chi connectivity index (χ3n) is 5.93. The molecule has 2 fully saturated rings. The quantitative estimate of drug-likeness (QED) is 0.789. The Morgan fingerprint density at radius 3 is 2.56 bits per heavy atom. The van der Waals surface area contributed by atoms with E-state index in [1.165, 1.54) is 5.57 Å². The van der Waals surface area contributed by atoms with E-state index in [0.29, 0.717) is 17.9 Å². The van der Waals surface area contributed by atoms with E-state index in [2.05, 4.69) is 60.8 Å². The molecule has 0 radical (unpaired) electrons. The fourth-order valence-corrected chi connectivity index (χ4v) is 4.16. The maximum Gasteiger partial charge on any atom is 0.226 e. The number of carbonyl (C=O) groups is 1. The lowest BCUT2D eigenvalue weighted by Gasteiger charge is -2.37. The molecule has 1 aromatic rings. The third kappa shape index (κ3) is 3.55. The van der Waals surface area contributed by atoms with Crippen LogP contribution in [0.5, 0.6) is 0 Å². The van der Waals surface area contributed by atoms with E-state index >= 15 is 0 Å². The number of hydrogen-bond donors (Lipinski definition) is 0. The van der Waals surface area contributed by atoms with E-state index in [1.54, 1.807) is 6.20 Å². The molecule has 1 saturated carbocycles. The monoisotopic (exact) mass is 342 g/mol. The number of aromatic nitrogens is 2. The number of anilines is 1. The number of allylic oxidation sites excluding steroid dienone is 2. The average molecular weight is 342 g/mol. The highest BCUT2D eigenvalue weighted by Crippen LogP contribution is 2.60. The summed E-state index contributed by atoms with van der Waals surface area (Å²) in [5, 5.41) is 8.15. The molecule has 0 bridgehead atoms. The lowest BCUT2D eigenvalue weighted by molar-refractivity contribution is -0.134. The van der Waals surface area contributed by atoms with Crippen LogP contribution in [-0.4, -0.2) is 47.2 Å². The molecule has 0 unspecified atom stereocenters. The molecule has 2 atom stereocenters. The second-order valence-electron chi connectivity index (χ2n) is 8.32. The molecule has 2 aliphatic rings. The molecule has 1 saturated heterocycles. The predicted molar refractivity (Wildman–Crippen MR) is 100 cm³/mol. The lowest BCUT2D eigenvalue weighted by atomic mass is 10.0. The summed E-state index contributed by atoms with van der Waals surface area (Å²) in [5.74, 6) is 1.79. The van der Waals surface area contributed by atoms with E-state index < -0.39 is 0 Å². The molecule has 0 spiro atoms. The molecule has 0 N–H and O–H groups in total. The van der Waals surface area contributed by atoms with Crippen molar-refractivity contribution in [1.29, 1.82) is 0 Å². The SMILES string of the molecule is CC(C)=C[C@@H]1[C@H](C(=O)N2CCC(N(C)c3cccnn3)CC2)C1(C)C. The van der Waals surface area contributed by atoms with Gasteiger partial charge in [-0.05, 0) is 50.2 Å². The first-order valence-electron chi connectivity index (χ1n) is 9.26. The number of likely N-dealkylation sites (tertiary alicyclic amines) is 1. The van der Waals surface area contributed by atoms with Gasteiger partial charge in [0.2, 0.25) is 5.91 Å². The van der Waals surface area contributed by atoms with Crippen LogP contribution in [0.4, 0.5) is 5.82 Å². The van der Waals surface area contributed by atoms with Crippen molar-refractivity contribution in [3.05, 3.63) is 30.0 Å². The molecule has 2 heterocycles. The minimum atomic E-state index is 0.0988. The Kier molecular flexibility index (Phi) is 4.85. The fourth-order valence-electron chi connectivity index (χ4n) is 4.16. The first-order chi connectivity index (χ1) is 11.8. The van der Waals surface area contributed by atoms with Crippen LogP contribution in [0.25, 0.3) is 0 Å². The van der Waals surface area contributed by atoms with Gasteiger partial charge < -0.3 is 9.80 Å². The van der Waals surface area contributed by atoms with E-state index in [-0.39, 0.29) is 11.3 Å². The van der Waals surface area contributed by atoms with Crippen molar-refractivity contribution in [2.45, 2.75) is 46.6 Å². The number of nitrogens with zero attached hydrogens (tertiary/aromatic N) is 4. The summed E-state index contributed by atoms with van der Waals surface area (Å²) in [4.78, 5) is 17.2. The molecule has 0 aromatic carbocycles. The molecule has 5 heteroatoms. The molecule has 25 heavy (non-hydrogen) atoms. The van der Waals surface area contributed by atoms with Crippen molar-refractivity contribution in [2.24, 2.45) is 17.3 Å². The summed E-state index contributed by atoms with van der Waals surface area (Å²) in [5.41, 5.74) is 1.40. The van der Waals surface area contributed by atoms with Gasteiger partial charge in [-0.2, -0.15) is 5.10 Å². The van der Waals surface area contributed by atoms with Gasteiger partial charge >= 0.3 is 0 Å². The summed E-state index contributed by atoms with van der Waals surface area (Å²) in [6.07, 6.45) is 5.94. The summed E-state index contributed by atoms with van der Waals surface area (Å²) in [6.45, 7) is 10.3. The van der Waals surface area contributed by atoms with Crippen LogP contribution in [0, 0.1) is 17.3 Å². The second kappa shape index (κ2) is 6.77. The first-order valence-corrected chi connectivity index (χ1v) is 9.26. The summed E-state index contributed by atoms with van der Waals surface area (Å²) in [6, 6.07) is 4.32. The lowest BCUT2D eigenvalue weighted by Crippen LogP contribution is -2.46. The van der Waals surface area contributed by atoms with Crippen molar-refractivity contribution in [3.8, 4) is 0 Å². The van der Waals surface area contributed by atoms with Gasteiger partial charge in [0, 0.05) is 32.4 Å². The standard InChI is InChI=1S/C20H30N4O/c1-14(2)13-16-18(20(16,3)4)19(25)24-11-8-15(9-12-24)23(5)17-7-6-10-21-22-17/h6-7,10,13,15-16,18H,8-9,11-12H2,1-5H3/t16-,18-/m1/s1. The van der Waals surface area contributed by atoms with Gasteiger partial charge in [-0.3, -0.25) is 4.79 Å². The molecule has 3 rings (SSSR count). The highest BCUT2D eigenvalue weighted by atomic mass is 16.2. The molecule has 5 nitrogen and oxygen atoms in total. The number of amides is 1. The van der Waals surface area contributed by atoms with Crippen LogP contribution in [-0.2, 0) is 4.79 Å².